The number of carbonyl (C=O) groups is 2. The minimum Gasteiger partial charge on any atom is -0.476 e. The molecule has 7 heteroatoms. The highest BCUT2D eigenvalue weighted by Gasteiger charge is 2.54. The van der Waals surface area contributed by atoms with Crippen LogP contribution in [0.4, 0.5) is 5.69 Å². The Hall–Kier alpha value is -1.99. The number of aromatic nitrogens is 1. The van der Waals surface area contributed by atoms with Gasteiger partial charge in [0.05, 0.1) is 10.2 Å². The van der Waals surface area contributed by atoms with Gasteiger partial charge in [-0.15, -0.1) is 0 Å². The van der Waals surface area contributed by atoms with Crippen molar-refractivity contribution >= 4 is 39.6 Å². The third-order valence-electron chi connectivity index (χ3n) is 6.36. The van der Waals surface area contributed by atoms with Gasteiger partial charge in [0.2, 0.25) is 0 Å². The Labute approximate surface area is 155 Å². The van der Waals surface area contributed by atoms with E-state index in [1.165, 1.54) is 30.7 Å². The zero-order valence-electron chi connectivity index (χ0n) is 14.4. The number of hydrogen-bond acceptors (Lipinski definition) is 6. The maximum atomic E-state index is 11.6. The molecule has 26 heavy (non-hydrogen) atoms. The van der Waals surface area contributed by atoms with Gasteiger partial charge in [0.1, 0.15) is 6.29 Å². The molecule has 2 aliphatic heterocycles. The first-order valence-corrected chi connectivity index (χ1v) is 9.99. The topological polar surface area (TPSA) is 73.7 Å². The van der Waals surface area contributed by atoms with Crippen LogP contribution in [0.2, 0.25) is 0 Å². The third-order valence-corrected chi connectivity index (χ3v) is 7.17. The summed E-state index contributed by atoms with van der Waals surface area (Å²) in [6, 6.07) is 6.40. The van der Waals surface area contributed by atoms with E-state index in [0.29, 0.717) is 17.3 Å². The zero-order chi connectivity index (χ0) is 17.9. The van der Waals surface area contributed by atoms with Crippen molar-refractivity contribution in [2.24, 2.45) is 5.92 Å². The Morgan fingerprint density at radius 3 is 2.92 bits per heavy atom. The lowest BCUT2D eigenvalue weighted by Crippen LogP contribution is -2.52. The molecule has 0 spiro atoms. The molecule has 1 saturated carbocycles. The molecule has 136 valence electrons. The number of carbonyl (C=O) groups excluding carboxylic acids is 1. The summed E-state index contributed by atoms with van der Waals surface area (Å²) in [6.07, 6.45) is 5.57. The van der Waals surface area contributed by atoms with E-state index in [-0.39, 0.29) is 11.2 Å². The molecule has 2 atom stereocenters. The van der Waals surface area contributed by atoms with Gasteiger partial charge in [0, 0.05) is 30.2 Å². The predicted octanol–water partition coefficient (Wildman–Crippen LogP) is 2.63. The number of aldehydes is 1. The van der Waals surface area contributed by atoms with Crippen molar-refractivity contribution in [3.63, 3.8) is 0 Å². The fourth-order valence-electron chi connectivity index (χ4n) is 4.82. The van der Waals surface area contributed by atoms with Gasteiger partial charge in [-0.25, -0.2) is 4.79 Å². The largest absolute Gasteiger partial charge is 0.476 e. The lowest BCUT2D eigenvalue weighted by Gasteiger charge is -2.40. The second kappa shape index (κ2) is 5.76. The Balaban J connectivity index is 1.42. The standard InChI is InChI=1S/C19H21N3O3S/c23-11-19(5-6-19)22-7-1-2-12-9-21(10-15(12)22)13-3-4-14-16(8-13)26-20-17(14)18(24)25/h3-4,8,11-12,15H,1-2,5-7,9-10H2,(H,24,25). The first kappa shape index (κ1) is 16.2. The number of anilines is 1. The van der Waals surface area contributed by atoms with Gasteiger partial charge in [-0.3, -0.25) is 4.90 Å². The Kier molecular flexibility index (Phi) is 3.59. The SMILES string of the molecule is O=CC1(N2CCCC3CN(c4ccc5c(C(=O)O)nsc5c4)CC32)CC1. The number of aromatic carboxylic acids is 1. The van der Waals surface area contributed by atoms with E-state index >= 15 is 0 Å². The first-order chi connectivity index (χ1) is 12.6. The van der Waals surface area contributed by atoms with E-state index in [9.17, 15) is 14.7 Å². The van der Waals surface area contributed by atoms with Crippen molar-refractivity contribution in [3.05, 3.63) is 23.9 Å². The van der Waals surface area contributed by atoms with Crippen molar-refractivity contribution in [3.8, 4) is 0 Å². The van der Waals surface area contributed by atoms with Crippen LogP contribution in [0.25, 0.3) is 10.1 Å². The van der Waals surface area contributed by atoms with Crippen LogP contribution in [0.15, 0.2) is 18.2 Å². The smallest absolute Gasteiger partial charge is 0.356 e. The van der Waals surface area contributed by atoms with Crippen LogP contribution in [0.3, 0.4) is 0 Å². The van der Waals surface area contributed by atoms with Gasteiger partial charge >= 0.3 is 5.97 Å². The maximum Gasteiger partial charge on any atom is 0.356 e. The molecule has 2 aromatic rings. The highest BCUT2D eigenvalue weighted by molar-refractivity contribution is 7.13. The van der Waals surface area contributed by atoms with E-state index in [2.05, 4.69) is 20.2 Å². The molecule has 1 aliphatic carbocycles. The highest BCUT2D eigenvalue weighted by atomic mass is 32.1. The zero-order valence-corrected chi connectivity index (χ0v) is 15.2. The number of likely N-dealkylation sites (tertiary alicyclic amines) is 1. The molecule has 1 aromatic carbocycles. The van der Waals surface area contributed by atoms with E-state index in [4.69, 9.17) is 0 Å². The Morgan fingerprint density at radius 2 is 2.19 bits per heavy atom. The molecule has 0 radical (unpaired) electrons. The molecule has 3 aliphatic rings. The molecule has 3 heterocycles. The minimum atomic E-state index is -0.976. The van der Waals surface area contributed by atoms with Gasteiger partial charge in [-0.1, -0.05) is 0 Å². The van der Waals surface area contributed by atoms with Crippen LogP contribution in [-0.4, -0.2) is 57.9 Å². The number of nitrogens with zero attached hydrogens (tertiary/aromatic N) is 3. The summed E-state index contributed by atoms with van der Waals surface area (Å²) in [6.45, 7) is 2.98. The van der Waals surface area contributed by atoms with E-state index < -0.39 is 5.97 Å². The number of fused-ring (bicyclic) bond motifs is 2. The summed E-state index contributed by atoms with van der Waals surface area (Å²) in [5, 5.41) is 9.94. The van der Waals surface area contributed by atoms with Crippen LogP contribution in [0, 0.1) is 5.92 Å². The van der Waals surface area contributed by atoms with Crippen LogP contribution in [0.1, 0.15) is 36.2 Å². The second-order valence-electron chi connectivity index (χ2n) is 7.81. The molecule has 3 fully saturated rings. The summed E-state index contributed by atoms with van der Waals surface area (Å²) in [7, 11) is 0. The number of rotatable bonds is 4. The molecule has 2 unspecified atom stereocenters. The van der Waals surface area contributed by atoms with E-state index in [1.54, 1.807) is 0 Å². The summed E-state index contributed by atoms with van der Waals surface area (Å²) in [5.74, 6) is -0.372. The normalized spacial score (nSPS) is 27.5. The molecule has 2 saturated heterocycles. The quantitative estimate of drug-likeness (QED) is 0.833. The average molecular weight is 371 g/mol. The molecule has 6 nitrogen and oxygen atoms in total. The Morgan fingerprint density at radius 1 is 1.35 bits per heavy atom. The van der Waals surface area contributed by atoms with Gasteiger partial charge in [0.25, 0.3) is 0 Å². The Bertz CT molecular complexity index is 891. The van der Waals surface area contributed by atoms with Crippen LogP contribution in [-0.2, 0) is 4.79 Å². The number of piperidine rings is 1. The molecule has 0 amide bonds. The average Bonchev–Trinajstić information content (AvgIpc) is 3.13. The summed E-state index contributed by atoms with van der Waals surface area (Å²) < 4.78 is 4.99. The predicted molar refractivity (Wildman–Crippen MR) is 100 cm³/mol. The molecular formula is C19H21N3O3S. The number of benzene rings is 1. The van der Waals surface area contributed by atoms with Gasteiger partial charge in [-0.05, 0) is 67.9 Å². The lowest BCUT2D eigenvalue weighted by atomic mass is 9.90. The van der Waals surface area contributed by atoms with Crippen molar-refractivity contribution in [2.45, 2.75) is 37.3 Å². The monoisotopic (exact) mass is 371 g/mol. The molecule has 5 rings (SSSR count). The fourth-order valence-corrected chi connectivity index (χ4v) is 5.62. The van der Waals surface area contributed by atoms with E-state index in [1.807, 2.05) is 12.1 Å². The molecule has 1 aromatic heterocycles. The fraction of sp³-hybridized carbons (Fsp3) is 0.526. The van der Waals surface area contributed by atoms with Crippen LogP contribution in [0.5, 0.6) is 0 Å². The number of carboxylic acid groups (broad SMARTS) is 1. The summed E-state index contributed by atoms with van der Waals surface area (Å²) >= 11 is 1.24. The van der Waals surface area contributed by atoms with Crippen LogP contribution < -0.4 is 4.90 Å². The molecule has 0 bridgehead atoms. The third kappa shape index (κ3) is 2.37. The molecule has 1 N–H and O–H groups in total. The lowest BCUT2D eigenvalue weighted by molar-refractivity contribution is -0.115. The van der Waals surface area contributed by atoms with Crippen molar-refractivity contribution in [1.82, 2.24) is 9.27 Å². The van der Waals surface area contributed by atoms with Crippen molar-refractivity contribution in [2.75, 3.05) is 24.5 Å². The second-order valence-corrected chi connectivity index (χ2v) is 8.61. The maximum absolute atomic E-state index is 11.6. The van der Waals surface area contributed by atoms with Gasteiger partial charge < -0.3 is 14.8 Å². The van der Waals surface area contributed by atoms with E-state index in [0.717, 1.165) is 42.9 Å². The first-order valence-electron chi connectivity index (χ1n) is 9.22. The summed E-state index contributed by atoms with van der Waals surface area (Å²) in [5.41, 5.74) is 1.08. The number of hydrogen-bond donors (Lipinski definition) is 1. The summed E-state index contributed by atoms with van der Waals surface area (Å²) in [4.78, 5) is 27.7. The van der Waals surface area contributed by atoms with Crippen molar-refractivity contribution in [1.29, 1.82) is 0 Å². The van der Waals surface area contributed by atoms with Gasteiger partial charge in [0.15, 0.2) is 5.69 Å². The number of carboxylic acids is 1. The highest BCUT2D eigenvalue weighted by Crippen LogP contribution is 2.46. The molecular weight excluding hydrogens is 350 g/mol. The van der Waals surface area contributed by atoms with Crippen molar-refractivity contribution < 1.29 is 14.7 Å². The van der Waals surface area contributed by atoms with Crippen LogP contribution >= 0.6 is 11.5 Å². The van der Waals surface area contributed by atoms with Gasteiger partial charge in [-0.2, -0.15) is 4.37 Å². The minimum absolute atomic E-state index is 0.138.